The van der Waals surface area contributed by atoms with E-state index in [9.17, 15) is 9.59 Å². The molecular formula is C24H27N5O2. The zero-order chi connectivity index (χ0) is 21.6. The topological polar surface area (TPSA) is 88.5 Å². The monoisotopic (exact) mass is 417 g/mol. The van der Waals surface area contributed by atoms with Crippen molar-refractivity contribution >= 4 is 29.0 Å². The average Bonchev–Trinajstić information content (AvgIpc) is 3.34. The molecule has 0 aromatic heterocycles. The van der Waals surface area contributed by atoms with E-state index in [0.29, 0.717) is 22.5 Å². The van der Waals surface area contributed by atoms with E-state index >= 15 is 0 Å². The van der Waals surface area contributed by atoms with Gasteiger partial charge in [0.2, 0.25) is 0 Å². The molecule has 2 heterocycles. The van der Waals surface area contributed by atoms with Gasteiger partial charge in [0.05, 0.1) is 17.2 Å². The second kappa shape index (κ2) is 9.52. The zero-order valence-electron chi connectivity index (χ0n) is 17.6. The zero-order valence-corrected chi connectivity index (χ0v) is 17.6. The number of rotatable bonds is 4. The van der Waals surface area contributed by atoms with Gasteiger partial charge in [-0.25, -0.2) is 4.79 Å². The lowest BCUT2D eigenvalue weighted by Gasteiger charge is -2.31. The maximum absolute atomic E-state index is 13.2. The summed E-state index contributed by atoms with van der Waals surface area (Å²) in [5.41, 5.74) is 3.31. The van der Waals surface area contributed by atoms with Crippen molar-refractivity contribution in [3.8, 4) is 6.07 Å². The Hall–Kier alpha value is -3.53. The van der Waals surface area contributed by atoms with Gasteiger partial charge >= 0.3 is 6.03 Å². The maximum atomic E-state index is 13.2. The summed E-state index contributed by atoms with van der Waals surface area (Å²) in [6, 6.07) is 13.9. The first-order valence-corrected chi connectivity index (χ1v) is 10.9. The molecule has 7 heteroatoms. The normalized spacial score (nSPS) is 16.0. The number of urea groups is 1. The lowest BCUT2D eigenvalue weighted by molar-refractivity contribution is 0.0793. The first-order valence-electron chi connectivity index (χ1n) is 10.9. The highest BCUT2D eigenvalue weighted by Gasteiger charge is 2.25. The largest absolute Gasteiger partial charge is 0.371 e. The average molecular weight is 418 g/mol. The Morgan fingerprint density at radius 2 is 1.42 bits per heavy atom. The summed E-state index contributed by atoms with van der Waals surface area (Å²) in [5, 5.41) is 14.5. The number of carbonyl (C=O) groups is 2. The van der Waals surface area contributed by atoms with Crippen LogP contribution in [0.4, 0.5) is 21.9 Å². The van der Waals surface area contributed by atoms with Crippen LogP contribution in [-0.2, 0) is 0 Å². The van der Waals surface area contributed by atoms with Crippen LogP contribution in [0.1, 0.15) is 48.0 Å². The Bertz CT molecular complexity index is 984. The molecule has 2 saturated heterocycles. The fourth-order valence-electron chi connectivity index (χ4n) is 4.21. The molecular weight excluding hydrogens is 390 g/mol. The molecule has 2 aliphatic heterocycles. The molecule has 2 aromatic rings. The lowest BCUT2D eigenvalue weighted by Crippen LogP contribution is -2.34. The summed E-state index contributed by atoms with van der Waals surface area (Å²) in [7, 11) is 0. The van der Waals surface area contributed by atoms with Gasteiger partial charge in [0.25, 0.3) is 5.91 Å². The third-order valence-corrected chi connectivity index (χ3v) is 5.85. The number of hydrogen-bond donors (Lipinski definition) is 2. The van der Waals surface area contributed by atoms with Crippen LogP contribution in [0.2, 0.25) is 0 Å². The summed E-state index contributed by atoms with van der Waals surface area (Å²) in [6.07, 6.45) is 5.56. The van der Waals surface area contributed by atoms with E-state index in [4.69, 9.17) is 5.26 Å². The van der Waals surface area contributed by atoms with Crippen LogP contribution in [-0.4, -0.2) is 43.0 Å². The van der Waals surface area contributed by atoms with E-state index in [-0.39, 0.29) is 5.91 Å². The van der Waals surface area contributed by atoms with E-state index in [1.54, 1.807) is 30.3 Å². The number of amides is 3. The van der Waals surface area contributed by atoms with E-state index in [0.717, 1.165) is 57.5 Å². The van der Waals surface area contributed by atoms with Crippen molar-refractivity contribution in [3.63, 3.8) is 0 Å². The molecule has 2 N–H and O–H groups in total. The molecule has 0 aliphatic carbocycles. The van der Waals surface area contributed by atoms with E-state index in [2.05, 4.69) is 21.6 Å². The fraction of sp³-hybridized carbons (Fsp3) is 0.375. The quantitative estimate of drug-likeness (QED) is 0.770. The Morgan fingerprint density at radius 1 is 0.806 bits per heavy atom. The minimum atomic E-state index is -0.394. The van der Waals surface area contributed by atoms with Crippen molar-refractivity contribution < 1.29 is 9.59 Å². The van der Waals surface area contributed by atoms with Gasteiger partial charge in [-0.3, -0.25) is 4.79 Å². The molecule has 3 amide bonds. The van der Waals surface area contributed by atoms with E-state index in [1.807, 2.05) is 17.0 Å². The maximum Gasteiger partial charge on any atom is 0.323 e. The van der Waals surface area contributed by atoms with Crippen LogP contribution in [0.3, 0.4) is 0 Å². The highest BCUT2D eigenvalue weighted by molar-refractivity contribution is 6.04. The summed E-state index contributed by atoms with van der Waals surface area (Å²) in [4.78, 5) is 29.9. The summed E-state index contributed by atoms with van der Waals surface area (Å²) in [6.45, 7) is 3.47. The Kier molecular flexibility index (Phi) is 6.37. The molecule has 0 atom stereocenters. The Morgan fingerprint density at radius 3 is 2.10 bits per heavy atom. The minimum absolute atomic E-state index is 0.0363. The second-order valence-corrected chi connectivity index (χ2v) is 8.05. The minimum Gasteiger partial charge on any atom is -0.371 e. The highest BCUT2D eigenvalue weighted by Crippen LogP contribution is 2.29. The number of nitriles is 1. The first-order chi connectivity index (χ1) is 15.1. The Labute approximate surface area is 182 Å². The number of nitrogens with zero attached hydrogens (tertiary/aromatic N) is 3. The first kappa shape index (κ1) is 20.7. The van der Waals surface area contributed by atoms with Crippen molar-refractivity contribution in [1.29, 1.82) is 5.26 Å². The fourth-order valence-corrected chi connectivity index (χ4v) is 4.21. The van der Waals surface area contributed by atoms with Crippen LogP contribution < -0.4 is 15.5 Å². The number of carbonyl (C=O) groups excluding carboxylic acids is 2. The number of benzene rings is 2. The lowest BCUT2D eigenvalue weighted by atomic mass is 10.1. The van der Waals surface area contributed by atoms with Crippen LogP contribution in [0.25, 0.3) is 0 Å². The molecule has 2 aromatic carbocycles. The van der Waals surface area contributed by atoms with Crippen LogP contribution in [0, 0.1) is 11.3 Å². The predicted molar refractivity (Wildman–Crippen MR) is 121 cm³/mol. The number of likely N-dealkylation sites (tertiary alicyclic amines) is 1. The molecule has 2 aliphatic rings. The van der Waals surface area contributed by atoms with Gasteiger partial charge in [-0.2, -0.15) is 5.26 Å². The van der Waals surface area contributed by atoms with Crippen LogP contribution in [0.15, 0.2) is 42.5 Å². The Balaban J connectivity index is 1.53. The standard InChI is InChI=1S/C24H27N5O2/c25-17-18-6-8-19(9-7-18)26-24(31)27-20-10-11-22(28-12-2-1-3-13-28)21(16-20)23(30)29-14-4-5-15-29/h6-11,16H,1-5,12-15H2,(H2,26,27,31). The summed E-state index contributed by atoms with van der Waals surface area (Å²) < 4.78 is 0. The van der Waals surface area contributed by atoms with Crippen molar-refractivity contribution in [2.75, 3.05) is 41.7 Å². The number of anilines is 3. The molecule has 4 rings (SSSR count). The molecule has 0 unspecified atom stereocenters. The smallest absolute Gasteiger partial charge is 0.323 e. The molecule has 0 bridgehead atoms. The van der Waals surface area contributed by atoms with Gasteiger partial charge in [-0.15, -0.1) is 0 Å². The highest BCUT2D eigenvalue weighted by atomic mass is 16.2. The molecule has 2 fully saturated rings. The number of hydrogen-bond acceptors (Lipinski definition) is 4. The van der Waals surface area contributed by atoms with Gasteiger partial charge in [-0.1, -0.05) is 0 Å². The van der Waals surface area contributed by atoms with Gasteiger partial charge in [-0.05, 0) is 74.6 Å². The van der Waals surface area contributed by atoms with Crippen molar-refractivity contribution in [3.05, 3.63) is 53.6 Å². The van der Waals surface area contributed by atoms with Crippen LogP contribution >= 0.6 is 0 Å². The van der Waals surface area contributed by atoms with Crippen LogP contribution in [0.5, 0.6) is 0 Å². The molecule has 160 valence electrons. The third-order valence-electron chi connectivity index (χ3n) is 5.85. The van der Waals surface area contributed by atoms with Crippen molar-refractivity contribution in [2.24, 2.45) is 0 Å². The number of nitrogens with one attached hydrogen (secondary N) is 2. The molecule has 0 radical (unpaired) electrons. The summed E-state index contributed by atoms with van der Waals surface area (Å²) in [5.74, 6) is 0.0363. The SMILES string of the molecule is N#Cc1ccc(NC(=O)Nc2ccc(N3CCCCC3)c(C(=O)N3CCCC3)c2)cc1. The van der Waals surface area contributed by atoms with E-state index in [1.165, 1.54) is 6.42 Å². The van der Waals surface area contributed by atoms with Crippen molar-refractivity contribution in [2.45, 2.75) is 32.1 Å². The predicted octanol–water partition coefficient (Wildman–Crippen LogP) is 4.43. The molecule has 7 nitrogen and oxygen atoms in total. The van der Waals surface area contributed by atoms with Gasteiger partial charge in [0.1, 0.15) is 0 Å². The molecule has 0 spiro atoms. The second-order valence-electron chi connectivity index (χ2n) is 8.05. The van der Waals surface area contributed by atoms with Gasteiger partial charge in [0.15, 0.2) is 0 Å². The summed E-state index contributed by atoms with van der Waals surface area (Å²) >= 11 is 0. The van der Waals surface area contributed by atoms with Crippen molar-refractivity contribution in [1.82, 2.24) is 4.90 Å². The van der Waals surface area contributed by atoms with Gasteiger partial charge in [0, 0.05) is 43.2 Å². The third kappa shape index (κ3) is 4.97. The van der Waals surface area contributed by atoms with E-state index < -0.39 is 6.03 Å². The van der Waals surface area contributed by atoms with Gasteiger partial charge < -0.3 is 20.4 Å². The number of piperidine rings is 1. The molecule has 31 heavy (non-hydrogen) atoms. The molecule has 0 saturated carbocycles.